The second-order valence-corrected chi connectivity index (χ2v) is 9.41. The van der Waals surface area contributed by atoms with Gasteiger partial charge >= 0.3 is 0 Å². The molecule has 11 nitrogen and oxygen atoms in total. The smallest absolute Gasteiger partial charge is 0.259 e. The molecule has 0 saturated carbocycles. The van der Waals surface area contributed by atoms with Crippen molar-refractivity contribution >= 4 is 21.9 Å². The van der Waals surface area contributed by atoms with E-state index in [1.54, 1.807) is 25.3 Å². The summed E-state index contributed by atoms with van der Waals surface area (Å²) in [4.78, 5) is 21.8. The standard InChI is InChI=1S/C30H29N7O4/c1-3-40-15-14-36-27-7-5-4-6-26(27)31-28(36)19-41-22-10-8-20(9-11-22)18-37-34-29(33-35-37)24-17-21-16-23(39-2)12-13-25(21)32-30(24)38/h4-13,16-17H,3,14-15,18-19H2,1-2H3,(H,32,38). The normalized spacial score (nSPS) is 11.4. The first kappa shape index (κ1) is 26.2. The van der Waals surface area contributed by atoms with E-state index >= 15 is 0 Å². The van der Waals surface area contributed by atoms with Crippen molar-refractivity contribution in [3.8, 4) is 22.9 Å². The van der Waals surface area contributed by atoms with E-state index in [2.05, 4.69) is 31.0 Å². The highest BCUT2D eigenvalue weighted by Crippen LogP contribution is 2.22. The van der Waals surface area contributed by atoms with Crippen molar-refractivity contribution in [2.45, 2.75) is 26.6 Å². The zero-order valence-corrected chi connectivity index (χ0v) is 22.8. The summed E-state index contributed by atoms with van der Waals surface area (Å²) in [5.41, 5.74) is 3.72. The number of benzene rings is 3. The summed E-state index contributed by atoms with van der Waals surface area (Å²) in [6.45, 7) is 4.70. The Labute approximate surface area is 235 Å². The van der Waals surface area contributed by atoms with Crippen LogP contribution in [0.1, 0.15) is 18.3 Å². The zero-order chi connectivity index (χ0) is 28.2. The average Bonchev–Trinajstić information content (AvgIpc) is 3.61. The molecule has 11 heteroatoms. The van der Waals surface area contributed by atoms with Crippen molar-refractivity contribution < 1.29 is 14.2 Å². The average molecular weight is 552 g/mol. The number of aromatic nitrogens is 7. The molecule has 0 aliphatic carbocycles. The monoisotopic (exact) mass is 551 g/mol. The number of nitrogens with zero attached hydrogens (tertiary/aromatic N) is 6. The van der Waals surface area contributed by atoms with Crippen molar-refractivity contribution in [1.82, 2.24) is 34.7 Å². The molecule has 0 radical (unpaired) electrons. The van der Waals surface area contributed by atoms with Gasteiger partial charge in [-0.25, -0.2) is 4.98 Å². The Balaban J connectivity index is 1.13. The van der Waals surface area contributed by atoms with E-state index in [0.717, 1.165) is 33.6 Å². The maximum Gasteiger partial charge on any atom is 0.259 e. The molecule has 0 amide bonds. The van der Waals surface area contributed by atoms with E-state index in [1.807, 2.05) is 55.5 Å². The van der Waals surface area contributed by atoms with Gasteiger partial charge < -0.3 is 23.8 Å². The second-order valence-electron chi connectivity index (χ2n) is 9.41. The maximum absolute atomic E-state index is 12.7. The van der Waals surface area contributed by atoms with Crippen LogP contribution in [-0.2, 0) is 24.4 Å². The number of ether oxygens (including phenoxy) is 3. The van der Waals surface area contributed by atoms with Crippen LogP contribution in [0.2, 0.25) is 0 Å². The highest BCUT2D eigenvalue weighted by atomic mass is 16.5. The lowest BCUT2D eigenvalue weighted by molar-refractivity contribution is 0.138. The number of hydrogen-bond donors (Lipinski definition) is 1. The van der Waals surface area contributed by atoms with Gasteiger partial charge in [0.05, 0.1) is 36.9 Å². The van der Waals surface area contributed by atoms with Crippen LogP contribution in [0.25, 0.3) is 33.3 Å². The first-order valence-electron chi connectivity index (χ1n) is 13.3. The van der Waals surface area contributed by atoms with Gasteiger partial charge in [-0.15, -0.1) is 10.2 Å². The molecule has 0 atom stereocenters. The maximum atomic E-state index is 12.7. The molecule has 0 bridgehead atoms. The second kappa shape index (κ2) is 11.6. The number of hydrogen-bond acceptors (Lipinski definition) is 8. The van der Waals surface area contributed by atoms with Gasteiger partial charge in [0.1, 0.15) is 23.9 Å². The van der Waals surface area contributed by atoms with E-state index in [1.165, 1.54) is 4.80 Å². The topological polar surface area (TPSA) is 122 Å². The van der Waals surface area contributed by atoms with Crippen molar-refractivity contribution in [3.05, 3.63) is 94.5 Å². The van der Waals surface area contributed by atoms with Crippen LogP contribution in [0.4, 0.5) is 0 Å². The SMILES string of the molecule is CCOCCn1c(COc2ccc(Cn3nnc(-c4cc5cc(OC)ccc5[nH]c4=O)n3)cc2)nc2ccccc21. The minimum absolute atomic E-state index is 0.253. The molecule has 0 aliphatic rings. The third kappa shape index (κ3) is 5.66. The molecule has 208 valence electrons. The summed E-state index contributed by atoms with van der Waals surface area (Å²) < 4.78 is 19.1. The van der Waals surface area contributed by atoms with E-state index in [9.17, 15) is 4.79 Å². The Kier molecular flexibility index (Phi) is 7.42. The Morgan fingerprint density at radius 3 is 2.63 bits per heavy atom. The van der Waals surface area contributed by atoms with E-state index in [0.29, 0.717) is 49.7 Å². The summed E-state index contributed by atoms with van der Waals surface area (Å²) in [6.07, 6.45) is 0. The summed E-state index contributed by atoms with van der Waals surface area (Å²) in [5, 5.41) is 13.5. The first-order valence-corrected chi connectivity index (χ1v) is 13.3. The van der Waals surface area contributed by atoms with E-state index in [-0.39, 0.29) is 11.4 Å². The fourth-order valence-corrected chi connectivity index (χ4v) is 4.68. The van der Waals surface area contributed by atoms with E-state index < -0.39 is 0 Å². The highest BCUT2D eigenvalue weighted by Gasteiger charge is 2.14. The van der Waals surface area contributed by atoms with Crippen molar-refractivity contribution in [2.24, 2.45) is 0 Å². The van der Waals surface area contributed by atoms with Crippen LogP contribution in [0.3, 0.4) is 0 Å². The van der Waals surface area contributed by atoms with Crippen LogP contribution >= 0.6 is 0 Å². The minimum Gasteiger partial charge on any atom is -0.497 e. The predicted octanol–water partition coefficient (Wildman–Crippen LogP) is 4.20. The van der Waals surface area contributed by atoms with Gasteiger partial charge in [0.15, 0.2) is 0 Å². The fourth-order valence-electron chi connectivity index (χ4n) is 4.68. The summed E-state index contributed by atoms with van der Waals surface area (Å²) in [7, 11) is 1.60. The number of imidazole rings is 1. The number of tetrazole rings is 1. The summed E-state index contributed by atoms with van der Waals surface area (Å²) >= 11 is 0. The number of methoxy groups -OCH3 is 1. The summed E-state index contributed by atoms with van der Waals surface area (Å²) in [5.74, 6) is 2.52. The fraction of sp³-hybridized carbons (Fsp3) is 0.233. The zero-order valence-electron chi connectivity index (χ0n) is 22.8. The number of rotatable bonds is 11. The van der Waals surface area contributed by atoms with Crippen LogP contribution in [-0.4, -0.2) is 55.1 Å². The molecule has 1 N–H and O–H groups in total. The van der Waals surface area contributed by atoms with Crippen LogP contribution in [0.15, 0.2) is 77.6 Å². The molecule has 6 aromatic rings. The molecule has 41 heavy (non-hydrogen) atoms. The molecule has 3 heterocycles. The molecular weight excluding hydrogens is 522 g/mol. The molecular formula is C30H29N7O4. The van der Waals surface area contributed by atoms with Gasteiger partial charge in [0.25, 0.3) is 5.56 Å². The van der Waals surface area contributed by atoms with Crippen LogP contribution in [0, 0.1) is 0 Å². The van der Waals surface area contributed by atoms with Gasteiger partial charge in [-0.05, 0) is 66.2 Å². The van der Waals surface area contributed by atoms with Gasteiger partial charge in [-0.2, -0.15) is 4.80 Å². The molecule has 0 aliphatic heterocycles. The van der Waals surface area contributed by atoms with Gasteiger partial charge in [0, 0.05) is 24.1 Å². The summed E-state index contributed by atoms with van der Waals surface area (Å²) in [6, 6.07) is 22.9. The molecule has 3 aromatic heterocycles. The molecule has 0 unspecified atom stereocenters. The van der Waals surface area contributed by atoms with Crippen LogP contribution in [0.5, 0.6) is 11.5 Å². The molecule has 0 spiro atoms. The number of para-hydroxylation sites is 2. The number of nitrogens with one attached hydrogen (secondary N) is 1. The van der Waals surface area contributed by atoms with Crippen molar-refractivity contribution in [1.29, 1.82) is 0 Å². The predicted molar refractivity (Wildman–Crippen MR) is 154 cm³/mol. The van der Waals surface area contributed by atoms with Crippen LogP contribution < -0.4 is 15.0 Å². The minimum atomic E-state index is -0.282. The lowest BCUT2D eigenvalue weighted by atomic mass is 10.1. The lowest BCUT2D eigenvalue weighted by Crippen LogP contribution is -2.11. The number of fused-ring (bicyclic) bond motifs is 2. The number of aromatic amines is 1. The quantitative estimate of drug-likeness (QED) is 0.238. The Hall–Kier alpha value is -5.03. The third-order valence-corrected chi connectivity index (χ3v) is 6.76. The highest BCUT2D eigenvalue weighted by molar-refractivity contribution is 5.83. The Bertz CT molecular complexity index is 1860. The Morgan fingerprint density at radius 2 is 1.80 bits per heavy atom. The van der Waals surface area contributed by atoms with Crippen molar-refractivity contribution in [3.63, 3.8) is 0 Å². The van der Waals surface area contributed by atoms with Crippen molar-refractivity contribution in [2.75, 3.05) is 20.3 Å². The molecule has 0 saturated heterocycles. The lowest BCUT2D eigenvalue weighted by Gasteiger charge is -2.11. The van der Waals surface area contributed by atoms with Gasteiger partial charge in [-0.3, -0.25) is 4.79 Å². The Morgan fingerprint density at radius 1 is 0.976 bits per heavy atom. The van der Waals surface area contributed by atoms with Gasteiger partial charge in [-0.1, -0.05) is 24.3 Å². The van der Waals surface area contributed by atoms with E-state index in [4.69, 9.17) is 19.2 Å². The largest absolute Gasteiger partial charge is 0.497 e. The number of H-pyrrole nitrogens is 1. The third-order valence-electron chi connectivity index (χ3n) is 6.76. The molecule has 3 aromatic carbocycles. The molecule has 0 fully saturated rings. The molecule has 6 rings (SSSR count). The first-order chi connectivity index (χ1) is 20.1. The number of pyridine rings is 1. The van der Waals surface area contributed by atoms with Gasteiger partial charge in [0.2, 0.25) is 5.82 Å².